The zero-order chi connectivity index (χ0) is 22.2. The first kappa shape index (κ1) is 21.2. The van der Waals surface area contributed by atoms with E-state index in [4.69, 9.17) is 4.74 Å². The van der Waals surface area contributed by atoms with Crippen molar-refractivity contribution >= 4 is 17.8 Å². The molecule has 2 saturated heterocycles. The van der Waals surface area contributed by atoms with Crippen LogP contribution in [0.2, 0.25) is 0 Å². The van der Waals surface area contributed by atoms with Crippen LogP contribution in [-0.2, 0) is 25.5 Å². The van der Waals surface area contributed by atoms with Gasteiger partial charge in [-0.25, -0.2) is 4.39 Å². The van der Waals surface area contributed by atoms with Crippen LogP contribution >= 0.6 is 0 Å². The van der Waals surface area contributed by atoms with E-state index in [0.717, 1.165) is 5.56 Å². The lowest BCUT2D eigenvalue weighted by Crippen LogP contribution is -2.58. The first-order chi connectivity index (χ1) is 14.9. The van der Waals surface area contributed by atoms with E-state index in [1.165, 1.54) is 17.0 Å². The molecule has 0 saturated carbocycles. The standard InChI is InChI=1S/C24H25FN2O4/c1-3-27-21(28)18-19(22(27)29)24(23(30)31-4-2,14-15-8-6-5-7-9-15)26-20(18)16-10-12-17(25)13-11-16/h5-13,18-20,26H,3-4,14H2,1-2H3/t18-,19-,20-,24-/m1/s1. The maximum Gasteiger partial charge on any atom is 0.327 e. The maximum atomic E-state index is 13.5. The minimum atomic E-state index is -1.41. The minimum Gasteiger partial charge on any atom is -0.465 e. The number of amides is 2. The van der Waals surface area contributed by atoms with Gasteiger partial charge < -0.3 is 4.74 Å². The molecule has 2 fully saturated rings. The third-order valence-electron chi connectivity index (χ3n) is 6.26. The Balaban J connectivity index is 1.86. The van der Waals surface area contributed by atoms with Crippen LogP contribution in [0.5, 0.6) is 0 Å². The Morgan fingerprint density at radius 2 is 1.74 bits per heavy atom. The summed E-state index contributed by atoms with van der Waals surface area (Å²) >= 11 is 0. The summed E-state index contributed by atoms with van der Waals surface area (Å²) in [4.78, 5) is 41.2. The van der Waals surface area contributed by atoms with E-state index in [1.54, 1.807) is 26.0 Å². The van der Waals surface area contributed by atoms with Gasteiger partial charge in [0.2, 0.25) is 11.8 Å². The van der Waals surface area contributed by atoms with Gasteiger partial charge >= 0.3 is 5.97 Å². The Morgan fingerprint density at radius 3 is 2.35 bits per heavy atom. The Hall–Kier alpha value is -3.06. The zero-order valence-electron chi connectivity index (χ0n) is 17.5. The van der Waals surface area contributed by atoms with Gasteiger partial charge in [0.05, 0.1) is 18.4 Å². The lowest BCUT2D eigenvalue weighted by molar-refractivity contribution is -0.156. The number of esters is 1. The Morgan fingerprint density at radius 1 is 1.06 bits per heavy atom. The molecule has 2 aromatic rings. The number of ether oxygens (including phenoxy) is 1. The molecule has 0 spiro atoms. The highest BCUT2D eigenvalue weighted by Gasteiger charge is 2.68. The second-order valence-electron chi connectivity index (χ2n) is 7.95. The van der Waals surface area contributed by atoms with Gasteiger partial charge in [0, 0.05) is 19.0 Å². The van der Waals surface area contributed by atoms with Crippen molar-refractivity contribution in [3.05, 3.63) is 71.5 Å². The second kappa shape index (κ2) is 8.23. The Labute approximate surface area is 180 Å². The quantitative estimate of drug-likeness (QED) is 0.570. The molecule has 4 rings (SSSR count). The molecule has 2 aliphatic rings. The first-order valence-electron chi connectivity index (χ1n) is 10.5. The first-order valence-corrected chi connectivity index (χ1v) is 10.5. The Kier molecular flexibility index (Phi) is 5.62. The molecule has 2 amide bonds. The zero-order valence-corrected chi connectivity index (χ0v) is 17.5. The van der Waals surface area contributed by atoms with E-state index in [2.05, 4.69) is 5.32 Å². The monoisotopic (exact) mass is 424 g/mol. The van der Waals surface area contributed by atoms with Crippen molar-refractivity contribution in [2.45, 2.75) is 31.8 Å². The van der Waals surface area contributed by atoms with Gasteiger partial charge in [-0.2, -0.15) is 0 Å². The summed E-state index contributed by atoms with van der Waals surface area (Å²) in [5.41, 5.74) is 0.0871. The van der Waals surface area contributed by atoms with E-state index >= 15 is 0 Å². The lowest BCUT2D eigenvalue weighted by atomic mass is 9.76. The highest BCUT2D eigenvalue weighted by atomic mass is 19.1. The third kappa shape index (κ3) is 3.43. The summed E-state index contributed by atoms with van der Waals surface area (Å²) in [6, 6.07) is 14.5. The maximum absolute atomic E-state index is 13.5. The number of fused-ring (bicyclic) bond motifs is 1. The number of nitrogens with zero attached hydrogens (tertiary/aromatic N) is 1. The molecular formula is C24H25FN2O4. The number of hydrogen-bond acceptors (Lipinski definition) is 5. The average Bonchev–Trinajstić information content (AvgIpc) is 3.24. The Bertz CT molecular complexity index is 994. The average molecular weight is 424 g/mol. The van der Waals surface area contributed by atoms with E-state index in [0.29, 0.717) is 5.56 Å². The summed E-state index contributed by atoms with van der Waals surface area (Å²) in [6.45, 7) is 3.82. The van der Waals surface area contributed by atoms with Crippen LogP contribution < -0.4 is 5.32 Å². The summed E-state index contributed by atoms with van der Waals surface area (Å²) in [5.74, 6) is -3.33. The van der Waals surface area contributed by atoms with Crippen LogP contribution in [0, 0.1) is 17.7 Å². The molecular weight excluding hydrogens is 399 g/mol. The van der Waals surface area contributed by atoms with E-state index < -0.39 is 35.2 Å². The number of nitrogens with one attached hydrogen (secondary N) is 1. The van der Waals surface area contributed by atoms with Crippen LogP contribution in [0.25, 0.3) is 0 Å². The highest BCUT2D eigenvalue weighted by Crippen LogP contribution is 2.50. The fourth-order valence-corrected chi connectivity index (χ4v) is 4.93. The van der Waals surface area contributed by atoms with Crippen LogP contribution in [0.4, 0.5) is 4.39 Å². The SMILES string of the molecule is CCOC(=O)[C@]1(Cc2ccccc2)N[C@H](c2ccc(F)cc2)[C@@H]2C(=O)N(CC)C(=O)[C@@H]21. The van der Waals surface area contributed by atoms with Crippen molar-refractivity contribution in [3.63, 3.8) is 0 Å². The molecule has 4 atom stereocenters. The molecule has 2 aromatic carbocycles. The fourth-order valence-electron chi connectivity index (χ4n) is 4.93. The summed E-state index contributed by atoms with van der Waals surface area (Å²) < 4.78 is 19.0. The third-order valence-corrected chi connectivity index (χ3v) is 6.26. The molecule has 0 aromatic heterocycles. The molecule has 31 heavy (non-hydrogen) atoms. The molecule has 2 heterocycles. The van der Waals surface area contributed by atoms with Crippen molar-refractivity contribution in [3.8, 4) is 0 Å². The van der Waals surface area contributed by atoms with Gasteiger partial charge in [-0.1, -0.05) is 42.5 Å². The lowest BCUT2D eigenvalue weighted by Gasteiger charge is -2.33. The van der Waals surface area contributed by atoms with Gasteiger partial charge in [0.15, 0.2) is 0 Å². The number of rotatable bonds is 6. The van der Waals surface area contributed by atoms with Crippen LogP contribution in [0.3, 0.4) is 0 Å². The van der Waals surface area contributed by atoms with E-state index in [9.17, 15) is 18.8 Å². The highest BCUT2D eigenvalue weighted by molar-refractivity contribution is 6.09. The largest absolute Gasteiger partial charge is 0.465 e. The molecule has 1 N–H and O–H groups in total. The van der Waals surface area contributed by atoms with E-state index in [1.807, 2.05) is 30.3 Å². The molecule has 6 nitrogen and oxygen atoms in total. The topological polar surface area (TPSA) is 75.7 Å². The van der Waals surface area contributed by atoms with Crippen molar-refractivity contribution < 1.29 is 23.5 Å². The molecule has 0 bridgehead atoms. The van der Waals surface area contributed by atoms with Gasteiger partial charge in [0.25, 0.3) is 0 Å². The number of imide groups is 1. The van der Waals surface area contributed by atoms with Gasteiger partial charge in [-0.3, -0.25) is 24.6 Å². The minimum absolute atomic E-state index is 0.148. The number of halogens is 1. The van der Waals surface area contributed by atoms with Crippen molar-refractivity contribution in [2.24, 2.45) is 11.8 Å². The molecule has 162 valence electrons. The van der Waals surface area contributed by atoms with Crippen molar-refractivity contribution in [1.82, 2.24) is 10.2 Å². The predicted molar refractivity (Wildman–Crippen MR) is 111 cm³/mol. The molecule has 0 unspecified atom stereocenters. The number of carbonyl (C=O) groups is 3. The van der Waals surface area contributed by atoms with Crippen molar-refractivity contribution in [1.29, 1.82) is 0 Å². The molecule has 7 heteroatoms. The summed E-state index contributed by atoms with van der Waals surface area (Å²) in [6.07, 6.45) is 0.197. The summed E-state index contributed by atoms with van der Waals surface area (Å²) in [5, 5.41) is 3.32. The smallest absolute Gasteiger partial charge is 0.327 e. The fraction of sp³-hybridized carbons (Fsp3) is 0.375. The second-order valence-corrected chi connectivity index (χ2v) is 7.95. The van der Waals surface area contributed by atoms with Gasteiger partial charge in [0.1, 0.15) is 11.4 Å². The number of hydrogen-bond donors (Lipinski definition) is 1. The van der Waals surface area contributed by atoms with Crippen molar-refractivity contribution in [2.75, 3.05) is 13.2 Å². The van der Waals surface area contributed by atoms with Gasteiger partial charge in [-0.05, 0) is 37.1 Å². The van der Waals surface area contributed by atoms with Crippen LogP contribution in [-0.4, -0.2) is 41.4 Å². The molecule has 2 aliphatic heterocycles. The number of carbonyl (C=O) groups excluding carboxylic acids is 3. The van der Waals surface area contributed by atoms with E-state index in [-0.39, 0.29) is 31.4 Å². The van der Waals surface area contributed by atoms with Crippen LogP contribution in [0.1, 0.15) is 31.0 Å². The molecule has 0 radical (unpaired) electrons. The van der Waals surface area contributed by atoms with Crippen LogP contribution in [0.15, 0.2) is 54.6 Å². The normalized spacial score (nSPS) is 27.5. The molecule has 0 aliphatic carbocycles. The summed E-state index contributed by atoms with van der Waals surface area (Å²) in [7, 11) is 0. The number of likely N-dealkylation sites (tertiary alicyclic amines) is 1. The number of benzene rings is 2. The predicted octanol–water partition coefficient (Wildman–Crippen LogP) is 2.64. The van der Waals surface area contributed by atoms with Gasteiger partial charge in [-0.15, -0.1) is 0 Å².